The van der Waals surface area contributed by atoms with Crippen molar-refractivity contribution in [2.75, 3.05) is 6.61 Å². The fourth-order valence-electron chi connectivity index (χ4n) is 2.22. The van der Waals surface area contributed by atoms with Crippen molar-refractivity contribution in [1.29, 1.82) is 0 Å². The SMILES string of the molecule is C=C(C1=NC(C)(C)CO1)C(O)(CC)c1ccccc1. The van der Waals surface area contributed by atoms with Gasteiger partial charge in [0.25, 0.3) is 0 Å². The maximum atomic E-state index is 10.9. The van der Waals surface area contributed by atoms with Crippen molar-refractivity contribution >= 4 is 5.90 Å². The van der Waals surface area contributed by atoms with Crippen LogP contribution in [0, 0.1) is 0 Å². The molecular formula is C16H21NO2. The largest absolute Gasteiger partial charge is 0.475 e. The minimum Gasteiger partial charge on any atom is -0.475 e. The Balaban J connectivity index is 2.35. The van der Waals surface area contributed by atoms with Crippen LogP contribution in [0.2, 0.25) is 0 Å². The molecule has 1 unspecified atom stereocenters. The van der Waals surface area contributed by atoms with Gasteiger partial charge in [-0.1, -0.05) is 43.8 Å². The molecule has 0 aliphatic carbocycles. The molecule has 2 rings (SSSR count). The molecule has 1 aromatic carbocycles. The number of aliphatic imine (C=N–C) groups is 1. The van der Waals surface area contributed by atoms with Crippen molar-refractivity contribution in [1.82, 2.24) is 0 Å². The average molecular weight is 259 g/mol. The van der Waals surface area contributed by atoms with E-state index in [2.05, 4.69) is 11.6 Å². The molecule has 0 radical (unpaired) electrons. The van der Waals surface area contributed by atoms with Crippen molar-refractivity contribution in [3.63, 3.8) is 0 Å². The zero-order valence-electron chi connectivity index (χ0n) is 11.8. The van der Waals surface area contributed by atoms with Crippen LogP contribution in [0.15, 0.2) is 47.5 Å². The molecule has 0 aromatic heterocycles. The summed E-state index contributed by atoms with van der Waals surface area (Å²) in [6, 6.07) is 9.54. The van der Waals surface area contributed by atoms with Crippen LogP contribution in [-0.4, -0.2) is 23.2 Å². The molecule has 3 heteroatoms. The molecule has 0 saturated carbocycles. The summed E-state index contributed by atoms with van der Waals surface area (Å²) in [5.41, 5.74) is -0.0188. The van der Waals surface area contributed by atoms with E-state index in [0.717, 1.165) is 5.56 Å². The number of hydrogen-bond acceptors (Lipinski definition) is 3. The van der Waals surface area contributed by atoms with Gasteiger partial charge in [-0.05, 0) is 25.8 Å². The van der Waals surface area contributed by atoms with Gasteiger partial charge in [0.15, 0.2) is 0 Å². The molecule has 0 amide bonds. The summed E-state index contributed by atoms with van der Waals surface area (Å²) in [7, 11) is 0. The minimum atomic E-state index is -1.12. The molecule has 1 atom stereocenters. The smallest absolute Gasteiger partial charge is 0.215 e. The summed E-state index contributed by atoms with van der Waals surface area (Å²) < 4.78 is 5.59. The molecule has 0 spiro atoms. The highest BCUT2D eigenvalue weighted by molar-refractivity contribution is 5.96. The van der Waals surface area contributed by atoms with Crippen LogP contribution in [0.4, 0.5) is 0 Å². The lowest BCUT2D eigenvalue weighted by Gasteiger charge is -2.29. The number of rotatable bonds is 4. The second kappa shape index (κ2) is 4.82. The predicted molar refractivity (Wildman–Crippen MR) is 77.2 cm³/mol. The fraction of sp³-hybridized carbons (Fsp3) is 0.438. The van der Waals surface area contributed by atoms with Crippen LogP contribution in [0.3, 0.4) is 0 Å². The Morgan fingerprint density at radius 3 is 2.53 bits per heavy atom. The Morgan fingerprint density at radius 2 is 2.05 bits per heavy atom. The monoisotopic (exact) mass is 259 g/mol. The fourth-order valence-corrected chi connectivity index (χ4v) is 2.22. The Bertz CT molecular complexity index is 505. The van der Waals surface area contributed by atoms with E-state index in [9.17, 15) is 5.11 Å². The van der Waals surface area contributed by atoms with Gasteiger partial charge in [-0.15, -0.1) is 0 Å². The molecule has 1 heterocycles. The van der Waals surface area contributed by atoms with Gasteiger partial charge in [0, 0.05) is 5.57 Å². The first kappa shape index (κ1) is 13.8. The van der Waals surface area contributed by atoms with Gasteiger partial charge in [-0.2, -0.15) is 0 Å². The van der Waals surface area contributed by atoms with E-state index in [4.69, 9.17) is 4.74 Å². The molecule has 1 aliphatic rings. The summed E-state index contributed by atoms with van der Waals surface area (Å²) in [6.07, 6.45) is 0.526. The van der Waals surface area contributed by atoms with E-state index < -0.39 is 5.60 Å². The standard InChI is InChI=1S/C16H21NO2/c1-5-16(18,13-9-7-6-8-10-13)12(2)14-17-15(3,4)11-19-14/h6-10,18H,2,5,11H2,1,3-4H3. The molecule has 1 aliphatic heterocycles. The third-order valence-electron chi connectivity index (χ3n) is 3.49. The Labute approximate surface area is 114 Å². The molecule has 3 nitrogen and oxygen atoms in total. The van der Waals surface area contributed by atoms with Gasteiger partial charge in [-0.25, -0.2) is 4.99 Å². The zero-order chi connectivity index (χ0) is 14.1. The zero-order valence-corrected chi connectivity index (χ0v) is 11.8. The summed E-state index contributed by atoms with van der Waals surface area (Å²) in [6.45, 7) is 10.5. The molecule has 0 fully saturated rings. The lowest BCUT2D eigenvalue weighted by molar-refractivity contribution is 0.0755. The Morgan fingerprint density at radius 1 is 1.42 bits per heavy atom. The van der Waals surface area contributed by atoms with Crippen molar-refractivity contribution in [2.45, 2.75) is 38.3 Å². The molecular weight excluding hydrogens is 238 g/mol. The van der Waals surface area contributed by atoms with Gasteiger partial charge >= 0.3 is 0 Å². The van der Waals surface area contributed by atoms with Crippen molar-refractivity contribution in [3.05, 3.63) is 48.0 Å². The van der Waals surface area contributed by atoms with E-state index >= 15 is 0 Å². The molecule has 19 heavy (non-hydrogen) atoms. The van der Waals surface area contributed by atoms with Gasteiger partial charge in [0.05, 0.1) is 5.54 Å². The van der Waals surface area contributed by atoms with E-state index in [1.54, 1.807) is 0 Å². The maximum Gasteiger partial charge on any atom is 0.215 e. The van der Waals surface area contributed by atoms with E-state index in [1.165, 1.54) is 0 Å². The van der Waals surface area contributed by atoms with Crippen LogP contribution < -0.4 is 0 Å². The van der Waals surface area contributed by atoms with Crippen LogP contribution in [0.5, 0.6) is 0 Å². The van der Waals surface area contributed by atoms with Gasteiger partial charge in [0.1, 0.15) is 12.2 Å². The first-order valence-corrected chi connectivity index (χ1v) is 6.59. The number of hydrogen-bond donors (Lipinski definition) is 1. The average Bonchev–Trinajstić information content (AvgIpc) is 2.78. The van der Waals surface area contributed by atoms with Crippen molar-refractivity contribution < 1.29 is 9.84 Å². The lowest BCUT2D eigenvalue weighted by Crippen LogP contribution is -2.31. The Kier molecular flexibility index (Phi) is 3.50. The third kappa shape index (κ3) is 2.56. The van der Waals surface area contributed by atoms with Gasteiger partial charge in [-0.3, -0.25) is 0 Å². The lowest BCUT2D eigenvalue weighted by atomic mass is 9.84. The summed E-state index contributed by atoms with van der Waals surface area (Å²) >= 11 is 0. The summed E-state index contributed by atoms with van der Waals surface area (Å²) in [4.78, 5) is 4.49. The molecule has 1 aromatic rings. The highest BCUT2D eigenvalue weighted by atomic mass is 16.5. The topological polar surface area (TPSA) is 41.8 Å². The molecule has 0 saturated heterocycles. The van der Waals surface area contributed by atoms with Crippen LogP contribution in [-0.2, 0) is 10.3 Å². The molecule has 102 valence electrons. The van der Waals surface area contributed by atoms with E-state index in [-0.39, 0.29) is 5.54 Å². The maximum absolute atomic E-state index is 10.9. The third-order valence-corrected chi connectivity index (χ3v) is 3.49. The first-order valence-electron chi connectivity index (χ1n) is 6.59. The van der Waals surface area contributed by atoms with Gasteiger partial charge in [0.2, 0.25) is 5.90 Å². The van der Waals surface area contributed by atoms with Gasteiger partial charge < -0.3 is 9.84 Å². The number of aliphatic hydroxyl groups is 1. The van der Waals surface area contributed by atoms with Crippen LogP contribution in [0.1, 0.15) is 32.8 Å². The van der Waals surface area contributed by atoms with Crippen LogP contribution in [0.25, 0.3) is 0 Å². The second-order valence-electron chi connectivity index (χ2n) is 5.58. The second-order valence-corrected chi connectivity index (χ2v) is 5.58. The summed E-state index contributed by atoms with van der Waals surface area (Å²) in [5.74, 6) is 0.471. The van der Waals surface area contributed by atoms with Crippen LogP contribution >= 0.6 is 0 Å². The predicted octanol–water partition coefficient (Wildman–Crippen LogP) is 3.05. The first-order chi connectivity index (χ1) is 8.89. The number of nitrogens with zero attached hydrogens (tertiary/aromatic N) is 1. The highest BCUT2D eigenvalue weighted by Gasteiger charge is 2.38. The normalized spacial score (nSPS) is 20.3. The highest BCUT2D eigenvalue weighted by Crippen LogP contribution is 2.35. The van der Waals surface area contributed by atoms with Crippen molar-refractivity contribution in [2.24, 2.45) is 4.99 Å². The Hall–Kier alpha value is -1.61. The minimum absolute atomic E-state index is 0.246. The summed E-state index contributed by atoms with van der Waals surface area (Å²) in [5, 5.41) is 10.9. The molecule has 1 N–H and O–H groups in total. The number of ether oxygens (including phenoxy) is 1. The van der Waals surface area contributed by atoms with E-state index in [0.29, 0.717) is 24.5 Å². The molecule has 0 bridgehead atoms. The van der Waals surface area contributed by atoms with E-state index in [1.807, 2.05) is 51.1 Å². The number of benzene rings is 1. The quantitative estimate of drug-likeness (QED) is 0.903. The van der Waals surface area contributed by atoms with Crippen molar-refractivity contribution in [3.8, 4) is 0 Å².